The van der Waals surface area contributed by atoms with Gasteiger partial charge in [0.15, 0.2) is 5.72 Å². The third-order valence-electron chi connectivity index (χ3n) is 8.06. The van der Waals surface area contributed by atoms with Crippen LogP contribution in [0.25, 0.3) is 21.2 Å². The van der Waals surface area contributed by atoms with Crippen LogP contribution in [0.1, 0.15) is 30.2 Å². The molecule has 2 N–H and O–H groups in total. The average Bonchev–Trinajstić information content (AvgIpc) is 3.54. The fraction of sp³-hybridized carbons (Fsp3) is 0.229. The first kappa shape index (κ1) is 34.4. The van der Waals surface area contributed by atoms with Gasteiger partial charge in [-0.2, -0.15) is 5.09 Å². The molecule has 0 saturated carbocycles. The Morgan fingerprint density at radius 3 is 2.44 bits per heavy atom. The Kier molecular flexibility index (Phi) is 10.6. The molecule has 1 fully saturated rings. The zero-order valence-corrected chi connectivity index (χ0v) is 27.6. The van der Waals surface area contributed by atoms with E-state index in [9.17, 15) is 24.5 Å². The van der Waals surface area contributed by atoms with E-state index in [1.807, 2.05) is 78.9 Å². The first-order valence-corrected chi connectivity index (χ1v) is 17.3. The van der Waals surface area contributed by atoms with Crippen LogP contribution in [0.4, 0.5) is 0 Å². The van der Waals surface area contributed by atoms with Gasteiger partial charge in [0.25, 0.3) is 5.56 Å². The first-order valence-electron chi connectivity index (χ1n) is 15.7. The number of aromatic amines is 1. The zero-order chi connectivity index (χ0) is 35.0. The number of H-pyrrole nitrogens is 1. The van der Waals surface area contributed by atoms with Crippen molar-refractivity contribution in [2.24, 2.45) is 5.11 Å². The Morgan fingerprint density at radius 1 is 1.00 bits per heavy atom. The first-order chi connectivity index (χ1) is 24.2. The summed E-state index contributed by atoms with van der Waals surface area (Å²) in [5.74, 6) is -0.500. The number of fused-ring (bicyclic) bond motifs is 1. The van der Waals surface area contributed by atoms with Gasteiger partial charge in [-0.3, -0.25) is 23.7 Å². The minimum absolute atomic E-state index is 0.0265. The number of hydrogen-bond acceptors (Lipinski definition) is 9. The Morgan fingerprint density at radius 2 is 1.70 bits per heavy atom. The fourth-order valence-electron chi connectivity index (χ4n) is 5.59. The lowest BCUT2D eigenvalue weighted by Gasteiger charge is -2.29. The Hall–Kier alpha value is -5.49. The molecule has 0 bridgehead atoms. The standard InChI is InChI=1S/C35H33N6O8P/c36-40-39-35(20-18-32(48-35)41-21-19-31(42)37-34(41)44)24-47-50(45,49-30-17-9-15-27-14-7-8-16-28(27)30)38-29(22-25-10-3-1-4-11-25)33(43)46-23-26-12-5-2-6-13-26/h1-17,19,21,29,32H,18,20,22-24H2,(H,38,45)(H,37,42,44)/t29-,32+,35-,50?/m0/s1. The SMILES string of the molecule is [N-]=[N+]=N[C@@]1(COP(=O)(N[C@@H](Cc2ccccc2)C(=O)OCc2ccccc2)Oc2cccc3ccccc23)CC[C@H](n2ccc(=O)[nH]c2=O)O1. The van der Waals surface area contributed by atoms with Gasteiger partial charge in [0, 0.05) is 22.6 Å². The van der Waals surface area contributed by atoms with E-state index in [-0.39, 0.29) is 31.6 Å². The molecule has 256 valence electrons. The van der Waals surface area contributed by atoms with Crippen LogP contribution in [0, 0.1) is 0 Å². The van der Waals surface area contributed by atoms with Crippen molar-refractivity contribution in [2.75, 3.05) is 6.61 Å². The number of hydrogen-bond donors (Lipinski definition) is 2. The molecule has 14 nitrogen and oxygen atoms in total. The van der Waals surface area contributed by atoms with Crippen LogP contribution in [0.5, 0.6) is 5.75 Å². The van der Waals surface area contributed by atoms with E-state index < -0.39 is 49.6 Å². The molecular weight excluding hydrogens is 663 g/mol. The predicted molar refractivity (Wildman–Crippen MR) is 184 cm³/mol. The molecule has 1 aromatic heterocycles. The highest BCUT2D eigenvalue weighted by atomic mass is 31.2. The molecular formula is C35H33N6O8P. The molecule has 0 radical (unpaired) electrons. The van der Waals surface area contributed by atoms with E-state index in [1.165, 1.54) is 6.20 Å². The topological polar surface area (TPSA) is 187 Å². The lowest BCUT2D eigenvalue weighted by Crippen LogP contribution is -2.41. The van der Waals surface area contributed by atoms with Crippen molar-refractivity contribution in [3.63, 3.8) is 0 Å². The Bertz CT molecular complexity index is 2170. The maximum absolute atomic E-state index is 14.9. The Labute approximate surface area is 285 Å². The molecule has 0 aliphatic carbocycles. The van der Waals surface area contributed by atoms with E-state index in [0.717, 1.165) is 27.1 Å². The molecule has 0 amide bonds. The molecule has 4 aromatic carbocycles. The largest absolute Gasteiger partial charge is 0.460 e. The molecule has 6 rings (SSSR count). The van der Waals surface area contributed by atoms with E-state index in [1.54, 1.807) is 24.3 Å². The quantitative estimate of drug-likeness (QED) is 0.0451. The molecule has 1 unspecified atom stereocenters. The number of nitrogens with one attached hydrogen (secondary N) is 2. The summed E-state index contributed by atoms with van der Waals surface area (Å²) in [6, 6.07) is 30.7. The van der Waals surface area contributed by atoms with Gasteiger partial charge in [0.2, 0.25) is 0 Å². The van der Waals surface area contributed by atoms with Crippen LogP contribution in [0.2, 0.25) is 0 Å². The summed E-state index contributed by atoms with van der Waals surface area (Å²) < 4.78 is 39.9. The number of benzene rings is 4. The van der Waals surface area contributed by atoms with Crippen molar-refractivity contribution in [3.8, 4) is 5.75 Å². The molecule has 2 heterocycles. The normalized spacial score (nSPS) is 18.8. The van der Waals surface area contributed by atoms with Crippen LogP contribution >= 0.6 is 7.75 Å². The maximum atomic E-state index is 14.9. The third-order valence-corrected chi connectivity index (χ3v) is 9.59. The molecule has 15 heteroatoms. The second-order valence-corrected chi connectivity index (χ2v) is 13.3. The highest BCUT2D eigenvalue weighted by molar-refractivity contribution is 7.52. The van der Waals surface area contributed by atoms with Crippen LogP contribution in [-0.4, -0.2) is 33.9 Å². The second kappa shape index (κ2) is 15.4. The van der Waals surface area contributed by atoms with Crippen LogP contribution in [0.15, 0.2) is 130 Å². The number of esters is 1. The van der Waals surface area contributed by atoms with Gasteiger partial charge in [0.1, 0.15) is 24.6 Å². The number of azide groups is 1. The molecule has 5 aromatic rings. The van der Waals surface area contributed by atoms with E-state index in [0.29, 0.717) is 5.39 Å². The lowest BCUT2D eigenvalue weighted by atomic mass is 10.1. The smallest absolute Gasteiger partial charge is 0.459 e. The lowest BCUT2D eigenvalue weighted by molar-refractivity contribution is -0.147. The number of rotatable bonds is 14. The molecule has 4 atom stereocenters. The summed E-state index contributed by atoms with van der Waals surface area (Å²) in [5, 5.41) is 8.09. The second-order valence-electron chi connectivity index (χ2n) is 11.6. The van der Waals surface area contributed by atoms with Crippen molar-refractivity contribution in [1.82, 2.24) is 14.6 Å². The molecule has 50 heavy (non-hydrogen) atoms. The van der Waals surface area contributed by atoms with Gasteiger partial charge in [-0.05, 0) is 47.4 Å². The highest BCUT2D eigenvalue weighted by Crippen LogP contribution is 2.49. The molecule has 0 spiro atoms. The van der Waals surface area contributed by atoms with Gasteiger partial charge in [-0.25, -0.2) is 9.36 Å². The van der Waals surface area contributed by atoms with Crippen LogP contribution in [-0.2, 0) is 36.4 Å². The van der Waals surface area contributed by atoms with Crippen molar-refractivity contribution >= 4 is 24.5 Å². The number of ether oxygens (including phenoxy) is 2. The van der Waals surface area contributed by atoms with Gasteiger partial charge >= 0.3 is 19.4 Å². The predicted octanol–water partition coefficient (Wildman–Crippen LogP) is 6.15. The number of nitrogens with zero attached hydrogens (tertiary/aromatic N) is 4. The van der Waals surface area contributed by atoms with Gasteiger partial charge in [-0.1, -0.05) is 102 Å². The number of aromatic nitrogens is 2. The van der Waals surface area contributed by atoms with Crippen molar-refractivity contribution < 1.29 is 27.9 Å². The van der Waals surface area contributed by atoms with Crippen molar-refractivity contribution in [1.29, 1.82) is 0 Å². The number of carbonyl (C=O) groups excluding carboxylic acids is 1. The Balaban J connectivity index is 1.31. The van der Waals surface area contributed by atoms with Gasteiger partial charge in [-0.15, -0.1) is 0 Å². The van der Waals surface area contributed by atoms with Gasteiger partial charge in [0.05, 0.1) is 6.61 Å². The molecule has 1 aliphatic rings. The van der Waals surface area contributed by atoms with Crippen molar-refractivity contribution in [2.45, 2.75) is 43.9 Å². The fourth-order valence-corrected chi connectivity index (χ4v) is 7.14. The summed E-state index contributed by atoms with van der Waals surface area (Å²) in [7, 11) is -4.54. The van der Waals surface area contributed by atoms with Crippen LogP contribution < -0.4 is 20.9 Å². The molecule has 1 aliphatic heterocycles. The summed E-state index contributed by atoms with van der Waals surface area (Å²) in [4.78, 5) is 42.9. The summed E-state index contributed by atoms with van der Waals surface area (Å²) in [6.45, 7) is -0.612. The zero-order valence-electron chi connectivity index (χ0n) is 26.7. The average molecular weight is 697 g/mol. The monoisotopic (exact) mass is 696 g/mol. The van der Waals surface area contributed by atoms with E-state index in [4.69, 9.17) is 18.5 Å². The minimum Gasteiger partial charge on any atom is -0.460 e. The third kappa shape index (κ3) is 8.38. The highest BCUT2D eigenvalue weighted by Gasteiger charge is 2.45. The maximum Gasteiger partial charge on any atom is 0.459 e. The summed E-state index contributed by atoms with van der Waals surface area (Å²) in [6.07, 6.45) is 0.658. The molecule has 1 saturated heterocycles. The summed E-state index contributed by atoms with van der Waals surface area (Å²) in [5.41, 5.74) is 7.97. The van der Waals surface area contributed by atoms with E-state index in [2.05, 4.69) is 20.1 Å². The van der Waals surface area contributed by atoms with Gasteiger partial charge < -0.3 is 14.0 Å². The summed E-state index contributed by atoms with van der Waals surface area (Å²) >= 11 is 0. The number of carbonyl (C=O) groups is 1. The minimum atomic E-state index is -4.54. The van der Waals surface area contributed by atoms with Crippen molar-refractivity contribution in [3.05, 3.63) is 158 Å². The van der Waals surface area contributed by atoms with Crippen LogP contribution in [0.3, 0.4) is 0 Å². The van der Waals surface area contributed by atoms with E-state index >= 15 is 0 Å².